The van der Waals surface area contributed by atoms with Gasteiger partial charge in [-0.2, -0.15) is 0 Å². The second kappa shape index (κ2) is 8.28. The van der Waals surface area contributed by atoms with Crippen molar-refractivity contribution in [3.05, 3.63) is 70.6 Å². The van der Waals surface area contributed by atoms with Crippen molar-refractivity contribution in [1.29, 1.82) is 0 Å². The number of benzene rings is 1. The van der Waals surface area contributed by atoms with Crippen molar-refractivity contribution in [3.63, 3.8) is 0 Å². The number of aromatic nitrogens is 5. The van der Waals surface area contributed by atoms with E-state index in [2.05, 4.69) is 33.0 Å². The number of ether oxygens (including phenoxy) is 2. The van der Waals surface area contributed by atoms with E-state index < -0.39 is 0 Å². The average Bonchev–Trinajstić information content (AvgIpc) is 3.53. The fourth-order valence-corrected chi connectivity index (χ4v) is 4.81. The molecule has 3 aromatic rings. The lowest BCUT2D eigenvalue weighted by atomic mass is 10.0. The Balaban J connectivity index is 1.41. The zero-order valence-corrected chi connectivity index (χ0v) is 19.0. The second-order valence-electron chi connectivity index (χ2n) is 8.39. The van der Waals surface area contributed by atoms with Gasteiger partial charge in [0.05, 0.1) is 24.0 Å². The Morgan fingerprint density at radius 1 is 1.24 bits per heavy atom. The average molecular weight is 463 g/mol. The lowest BCUT2D eigenvalue weighted by Crippen LogP contribution is -2.13. The number of imidazole rings is 1. The van der Waals surface area contributed by atoms with Crippen LogP contribution in [0.2, 0.25) is 5.02 Å². The molecular formula is C24H23ClN6O2. The van der Waals surface area contributed by atoms with E-state index in [1.807, 2.05) is 29.1 Å². The highest BCUT2D eigenvalue weighted by Gasteiger charge is 2.30. The zero-order valence-electron chi connectivity index (χ0n) is 18.2. The van der Waals surface area contributed by atoms with Crippen molar-refractivity contribution in [2.75, 3.05) is 13.7 Å². The Morgan fingerprint density at radius 2 is 2.18 bits per heavy atom. The fourth-order valence-electron chi connectivity index (χ4n) is 4.64. The first-order valence-electron chi connectivity index (χ1n) is 11.1. The summed E-state index contributed by atoms with van der Waals surface area (Å²) in [6.45, 7) is 1.43. The Hall–Kier alpha value is -3.23. The van der Waals surface area contributed by atoms with Crippen LogP contribution in [0.4, 0.5) is 0 Å². The van der Waals surface area contributed by atoms with Crippen molar-refractivity contribution in [2.24, 2.45) is 4.99 Å². The highest BCUT2D eigenvalue weighted by Crippen LogP contribution is 2.35. The summed E-state index contributed by atoms with van der Waals surface area (Å²) in [7, 11) is 1.65. The molecule has 8 nitrogen and oxygen atoms in total. The Morgan fingerprint density at radius 3 is 3.03 bits per heavy atom. The lowest BCUT2D eigenvalue weighted by molar-refractivity contribution is 0.174. The van der Waals surface area contributed by atoms with Gasteiger partial charge in [-0.3, -0.25) is 4.57 Å². The molecule has 1 atom stereocenters. The van der Waals surface area contributed by atoms with Crippen LogP contribution in [-0.4, -0.2) is 50.0 Å². The predicted molar refractivity (Wildman–Crippen MR) is 125 cm³/mol. The highest BCUT2D eigenvalue weighted by molar-refractivity contribution is 6.31. The van der Waals surface area contributed by atoms with Gasteiger partial charge < -0.3 is 14.0 Å². The summed E-state index contributed by atoms with van der Waals surface area (Å²) in [5.41, 5.74) is 4.87. The lowest BCUT2D eigenvalue weighted by Gasteiger charge is -2.09. The first-order chi connectivity index (χ1) is 16.2. The number of hydrogen-bond acceptors (Lipinski definition) is 6. The third-order valence-corrected chi connectivity index (χ3v) is 6.43. The molecule has 0 bridgehead atoms. The van der Waals surface area contributed by atoms with E-state index in [1.54, 1.807) is 7.11 Å². The van der Waals surface area contributed by atoms with E-state index in [-0.39, 0.29) is 6.04 Å². The van der Waals surface area contributed by atoms with Crippen molar-refractivity contribution < 1.29 is 9.47 Å². The van der Waals surface area contributed by atoms with Gasteiger partial charge in [-0.05, 0) is 37.5 Å². The van der Waals surface area contributed by atoms with E-state index in [0.29, 0.717) is 30.7 Å². The molecule has 0 saturated carbocycles. The van der Waals surface area contributed by atoms with Crippen LogP contribution < -0.4 is 0 Å². The smallest absolute Gasteiger partial charge is 0.237 e. The van der Waals surface area contributed by atoms with E-state index >= 15 is 0 Å². The molecule has 2 aliphatic heterocycles. The molecule has 1 aromatic carbocycles. The van der Waals surface area contributed by atoms with Gasteiger partial charge >= 0.3 is 0 Å². The Labute approximate surface area is 196 Å². The molecule has 0 amide bonds. The van der Waals surface area contributed by atoms with Crippen molar-refractivity contribution in [1.82, 2.24) is 24.3 Å². The molecule has 1 aliphatic carbocycles. The van der Waals surface area contributed by atoms with Crippen molar-refractivity contribution in [3.8, 4) is 17.1 Å². The minimum absolute atomic E-state index is 0.0951. The Kier molecular flexibility index (Phi) is 5.11. The predicted octanol–water partition coefficient (Wildman–Crippen LogP) is 4.10. The van der Waals surface area contributed by atoms with Gasteiger partial charge in [0.2, 0.25) is 5.90 Å². The summed E-state index contributed by atoms with van der Waals surface area (Å²) in [6, 6.07) is 5.86. The maximum absolute atomic E-state index is 6.34. The van der Waals surface area contributed by atoms with Gasteiger partial charge in [-0.1, -0.05) is 35.4 Å². The van der Waals surface area contributed by atoms with Crippen molar-refractivity contribution in [2.45, 2.75) is 38.5 Å². The van der Waals surface area contributed by atoms with Crippen LogP contribution in [0.15, 0.2) is 53.3 Å². The Bertz CT molecular complexity index is 1320. The van der Waals surface area contributed by atoms with Crippen LogP contribution >= 0.6 is 11.6 Å². The quantitative estimate of drug-likeness (QED) is 0.446. The normalized spacial score (nSPS) is 18.7. The molecule has 0 unspecified atom stereocenters. The number of halogens is 1. The molecule has 168 valence electrons. The molecule has 0 N–H and O–H groups in total. The van der Waals surface area contributed by atoms with Crippen LogP contribution in [0, 0.1) is 0 Å². The van der Waals surface area contributed by atoms with Gasteiger partial charge in [-0.25, -0.2) is 9.98 Å². The van der Waals surface area contributed by atoms with Crippen LogP contribution in [0.3, 0.4) is 0 Å². The maximum atomic E-state index is 6.34. The topological polar surface area (TPSA) is 79.3 Å². The highest BCUT2D eigenvalue weighted by atomic mass is 35.5. The number of allylic oxidation sites excluding steroid dienone is 3. The maximum Gasteiger partial charge on any atom is 0.237 e. The number of methoxy groups -OCH3 is 1. The number of hydrogen-bond donors (Lipinski definition) is 0. The van der Waals surface area contributed by atoms with Crippen LogP contribution in [0.5, 0.6) is 0 Å². The number of aliphatic imine (C=N–C) groups is 1. The molecule has 0 spiro atoms. The molecule has 0 radical (unpaired) electrons. The van der Waals surface area contributed by atoms with Crippen molar-refractivity contribution >= 4 is 17.5 Å². The summed E-state index contributed by atoms with van der Waals surface area (Å²) in [5.74, 6) is 2.08. The SMILES string of the molecule is COCc1nnc2n1Cc1c(C3=N[C@@H](CC4=CCCC=C4)CO3)ncn1-c1ccc(Cl)cc1-2. The first-order valence-corrected chi connectivity index (χ1v) is 11.4. The minimum Gasteiger partial charge on any atom is -0.474 e. The van der Waals surface area contributed by atoms with Crippen LogP contribution in [-0.2, 0) is 22.6 Å². The fraction of sp³-hybridized carbons (Fsp3) is 0.333. The summed E-state index contributed by atoms with van der Waals surface area (Å²) in [6.07, 6.45) is 11.6. The molecule has 6 rings (SSSR count). The van der Waals surface area contributed by atoms with E-state index in [9.17, 15) is 0 Å². The molecule has 2 aromatic heterocycles. The monoisotopic (exact) mass is 462 g/mol. The molecule has 9 heteroatoms. The molecule has 0 saturated heterocycles. The summed E-state index contributed by atoms with van der Waals surface area (Å²) >= 11 is 6.34. The number of nitrogens with zero attached hydrogens (tertiary/aromatic N) is 6. The van der Waals surface area contributed by atoms with E-state index in [4.69, 9.17) is 31.1 Å². The van der Waals surface area contributed by atoms with Gasteiger partial charge in [0.15, 0.2) is 11.6 Å². The minimum atomic E-state index is 0.0951. The van der Waals surface area contributed by atoms with E-state index in [1.165, 1.54) is 5.57 Å². The second-order valence-corrected chi connectivity index (χ2v) is 8.83. The molecule has 33 heavy (non-hydrogen) atoms. The molecule has 4 heterocycles. The van der Waals surface area contributed by atoms with Gasteiger partial charge in [-0.15, -0.1) is 10.2 Å². The first kappa shape index (κ1) is 20.4. The number of fused-ring (bicyclic) bond motifs is 5. The summed E-state index contributed by atoms with van der Waals surface area (Å²) in [4.78, 5) is 9.61. The number of rotatable bonds is 5. The van der Waals surface area contributed by atoms with Gasteiger partial charge in [0.1, 0.15) is 25.2 Å². The van der Waals surface area contributed by atoms with Crippen LogP contribution in [0.25, 0.3) is 17.1 Å². The largest absolute Gasteiger partial charge is 0.474 e. The van der Waals surface area contributed by atoms with Gasteiger partial charge in [0, 0.05) is 17.7 Å². The summed E-state index contributed by atoms with van der Waals surface area (Å²) < 4.78 is 15.5. The molecule has 3 aliphatic rings. The zero-order chi connectivity index (χ0) is 22.4. The third-order valence-electron chi connectivity index (χ3n) is 6.19. The molecule has 0 fully saturated rings. The third kappa shape index (κ3) is 3.59. The summed E-state index contributed by atoms with van der Waals surface area (Å²) in [5, 5.41) is 9.45. The van der Waals surface area contributed by atoms with Crippen LogP contribution in [0.1, 0.15) is 36.5 Å². The van der Waals surface area contributed by atoms with Gasteiger partial charge in [0.25, 0.3) is 0 Å². The molecular weight excluding hydrogens is 440 g/mol. The van der Waals surface area contributed by atoms with E-state index in [0.717, 1.165) is 53.5 Å². The standard InChI is InChI=1S/C24H23ClN6O2/c1-32-13-21-28-29-23-18-10-16(25)7-8-19(18)31-14-26-22(20(31)11-30(21)23)24-27-17(12-33-24)9-15-5-3-2-4-6-15/h3,5-8,10,14,17H,2,4,9,11-13H2,1H3/t17-/m0/s1.